The molecule has 15 heavy (non-hydrogen) atoms. The number of nitrogens with one attached hydrogen (secondary N) is 1. The van der Waals surface area contributed by atoms with Gasteiger partial charge in [-0.05, 0) is 31.5 Å². The lowest BCUT2D eigenvalue weighted by atomic mass is 10.1. The summed E-state index contributed by atoms with van der Waals surface area (Å²) in [4.78, 5) is 0. The Morgan fingerprint density at radius 2 is 2.13 bits per heavy atom. The van der Waals surface area contributed by atoms with Crippen molar-refractivity contribution in [2.45, 2.75) is 13.8 Å². The number of hydrogen-bond acceptors (Lipinski definition) is 3. The first-order valence-corrected chi connectivity index (χ1v) is 4.81. The molecule has 0 heterocycles. The number of nitriles is 2. The van der Waals surface area contributed by atoms with E-state index in [1.807, 2.05) is 19.9 Å². The van der Waals surface area contributed by atoms with Gasteiger partial charge in [0.2, 0.25) is 0 Å². The molecule has 0 aliphatic heterocycles. The maximum Gasteiger partial charge on any atom is 0.0992 e. The minimum absolute atomic E-state index is 0.0323. The predicted molar refractivity (Wildman–Crippen MR) is 59.2 cm³/mol. The average molecular weight is 199 g/mol. The Hall–Kier alpha value is -2.00. The molecule has 1 N–H and O–H groups in total. The molecule has 76 valence electrons. The second kappa shape index (κ2) is 5.02. The lowest BCUT2D eigenvalue weighted by molar-refractivity contribution is 0.785. The molecular weight excluding hydrogens is 186 g/mol. The van der Waals surface area contributed by atoms with Crippen LogP contribution < -0.4 is 5.32 Å². The van der Waals surface area contributed by atoms with E-state index in [9.17, 15) is 0 Å². The molecule has 0 fully saturated rings. The highest BCUT2D eigenvalue weighted by molar-refractivity contribution is 5.55. The fourth-order valence-corrected chi connectivity index (χ4v) is 1.19. The zero-order valence-corrected chi connectivity index (χ0v) is 8.91. The fraction of sp³-hybridized carbons (Fsp3) is 0.333. The predicted octanol–water partition coefficient (Wildman–Crippen LogP) is 2.44. The molecule has 1 aromatic rings. The molecule has 0 radical (unpaired) electrons. The zero-order chi connectivity index (χ0) is 11.3. The highest BCUT2D eigenvalue weighted by Crippen LogP contribution is 2.16. The van der Waals surface area contributed by atoms with Crippen molar-refractivity contribution in [3.05, 3.63) is 29.3 Å². The van der Waals surface area contributed by atoms with Crippen LogP contribution in [-0.2, 0) is 0 Å². The minimum atomic E-state index is -0.0323. The average Bonchev–Trinajstić information content (AvgIpc) is 2.27. The number of benzene rings is 1. The number of nitrogens with zero attached hydrogens (tertiary/aromatic N) is 2. The van der Waals surface area contributed by atoms with Crippen LogP contribution in [0.3, 0.4) is 0 Å². The fourth-order valence-electron chi connectivity index (χ4n) is 1.19. The third-order valence-electron chi connectivity index (χ3n) is 2.19. The SMILES string of the molecule is Cc1ccc(C#N)cc1NCC(C)C#N. The summed E-state index contributed by atoms with van der Waals surface area (Å²) in [6.07, 6.45) is 0. The molecule has 3 heteroatoms. The summed E-state index contributed by atoms with van der Waals surface area (Å²) in [5.41, 5.74) is 2.64. The van der Waals surface area contributed by atoms with E-state index >= 15 is 0 Å². The van der Waals surface area contributed by atoms with Crippen molar-refractivity contribution in [2.75, 3.05) is 11.9 Å². The number of aryl methyl sites for hydroxylation is 1. The monoisotopic (exact) mass is 199 g/mol. The molecule has 0 amide bonds. The molecule has 1 rings (SSSR count). The molecule has 0 aliphatic carbocycles. The molecule has 0 saturated heterocycles. The van der Waals surface area contributed by atoms with Crippen LogP contribution in [0.5, 0.6) is 0 Å². The standard InChI is InChI=1S/C12H13N3/c1-9(6-13)8-15-12-5-11(7-14)4-3-10(12)2/h3-5,9,15H,8H2,1-2H3. The van der Waals surface area contributed by atoms with Crippen LogP contribution >= 0.6 is 0 Å². The quantitative estimate of drug-likeness (QED) is 0.813. The van der Waals surface area contributed by atoms with Crippen molar-refractivity contribution >= 4 is 5.69 Å². The van der Waals surface area contributed by atoms with Gasteiger partial charge in [-0.2, -0.15) is 10.5 Å². The van der Waals surface area contributed by atoms with Gasteiger partial charge in [-0.15, -0.1) is 0 Å². The highest BCUT2D eigenvalue weighted by Gasteiger charge is 2.02. The van der Waals surface area contributed by atoms with Gasteiger partial charge in [0, 0.05) is 12.2 Å². The van der Waals surface area contributed by atoms with E-state index in [-0.39, 0.29) is 5.92 Å². The van der Waals surface area contributed by atoms with Gasteiger partial charge >= 0.3 is 0 Å². The van der Waals surface area contributed by atoms with Crippen molar-refractivity contribution in [3.63, 3.8) is 0 Å². The Morgan fingerprint density at radius 1 is 1.40 bits per heavy atom. The lowest BCUT2D eigenvalue weighted by Gasteiger charge is -2.10. The smallest absolute Gasteiger partial charge is 0.0992 e. The lowest BCUT2D eigenvalue weighted by Crippen LogP contribution is -2.10. The third kappa shape index (κ3) is 3.00. The van der Waals surface area contributed by atoms with E-state index in [4.69, 9.17) is 10.5 Å². The van der Waals surface area contributed by atoms with Gasteiger partial charge in [-0.25, -0.2) is 0 Å². The van der Waals surface area contributed by atoms with Crippen molar-refractivity contribution in [1.82, 2.24) is 0 Å². The van der Waals surface area contributed by atoms with Gasteiger partial charge in [-0.3, -0.25) is 0 Å². The summed E-state index contributed by atoms with van der Waals surface area (Å²) in [7, 11) is 0. The molecular formula is C12H13N3. The topological polar surface area (TPSA) is 59.6 Å². The van der Waals surface area contributed by atoms with Gasteiger partial charge in [0.25, 0.3) is 0 Å². The first-order chi connectivity index (χ1) is 7.17. The Kier molecular flexibility index (Phi) is 3.71. The molecule has 3 nitrogen and oxygen atoms in total. The Bertz CT molecular complexity index is 423. The summed E-state index contributed by atoms with van der Waals surface area (Å²) >= 11 is 0. The molecule has 0 saturated carbocycles. The first kappa shape index (κ1) is 11.1. The van der Waals surface area contributed by atoms with Crippen molar-refractivity contribution < 1.29 is 0 Å². The van der Waals surface area contributed by atoms with E-state index in [1.54, 1.807) is 12.1 Å². The maximum atomic E-state index is 8.75. The third-order valence-corrected chi connectivity index (χ3v) is 2.19. The normalized spacial score (nSPS) is 11.2. The van der Waals surface area contributed by atoms with Gasteiger partial charge in [0.1, 0.15) is 0 Å². The first-order valence-electron chi connectivity index (χ1n) is 4.81. The number of anilines is 1. The molecule has 1 aromatic carbocycles. The Morgan fingerprint density at radius 3 is 2.73 bits per heavy atom. The van der Waals surface area contributed by atoms with E-state index in [1.165, 1.54) is 0 Å². The summed E-state index contributed by atoms with van der Waals surface area (Å²) in [6, 6.07) is 9.74. The van der Waals surface area contributed by atoms with Gasteiger partial charge in [-0.1, -0.05) is 6.07 Å². The van der Waals surface area contributed by atoms with E-state index < -0.39 is 0 Å². The molecule has 0 bridgehead atoms. The van der Waals surface area contributed by atoms with Gasteiger partial charge in [0.05, 0.1) is 23.6 Å². The van der Waals surface area contributed by atoms with E-state index in [0.29, 0.717) is 12.1 Å². The largest absolute Gasteiger partial charge is 0.383 e. The van der Waals surface area contributed by atoms with Crippen LogP contribution in [-0.4, -0.2) is 6.54 Å². The van der Waals surface area contributed by atoms with Crippen LogP contribution in [0, 0.1) is 35.5 Å². The van der Waals surface area contributed by atoms with Crippen LogP contribution in [0.4, 0.5) is 5.69 Å². The zero-order valence-electron chi connectivity index (χ0n) is 8.91. The Labute approximate surface area is 90.0 Å². The minimum Gasteiger partial charge on any atom is -0.383 e. The van der Waals surface area contributed by atoms with Crippen molar-refractivity contribution in [1.29, 1.82) is 10.5 Å². The summed E-state index contributed by atoms with van der Waals surface area (Å²) < 4.78 is 0. The van der Waals surface area contributed by atoms with Gasteiger partial charge < -0.3 is 5.32 Å². The molecule has 1 unspecified atom stereocenters. The van der Waals surface area contributed by atoms with E-state index in [0.717, 1.165) is 11.3 Å². The van der Waals surface area contributed by atoms with Crippen LogP contribution in [0.25, 0.3) is 0 Å². The van der Waals surface area contributed by atoms with Crippen molar-refractivity contribution in [3.8, 4) is 12.1 Å². The molecule has 0 aromatic heterocycles. The Balaban J connectivity index is 2.77. The summed E-state index contributed by atoms with van der Waals surface area (Å²) in [6.45, 7) is 4.43. The van der Waals surface area contributed by atoms with Crippen LogP contribution in [0.2, 0.25) is 0 Å². The van der Waals surface area contributed by atoms with Crippen LogP contribution in [0.1, 0.15) is 18.1 Å². The molecule has 0 spiro atoms. The summed E-state index contributed by atoms with van der Waals surface area (Å²) in [5.74, 6) is -0.0323. The molecule has 0 aliphatic rings. The van der Waals surface area contributed by atoms with Crippen molar-refractivity contribution in [2.24, 2.45) is 5.92 Å². The summed E-state index contributed by atoms with van der Waals surface area (Å²) in [5, 5.41) is 20.6. The van der Waals surface area contributed by atoms with Gasteiger partial charge in [0.15, 0.2) is 0 Å². The molecule has 1 atom stereocenters. The second-order valence-corrected chi connectivity index (χ2v) is 3.55. The maximum absolute atomic E-state index is 8.75. The second-order valence-electron chi connectivity index (χ2n) is 3.55. The number of rotatable bonds is 3. The van der Waals surface area contributed by atoms with Crippen LogP contribution in [0.15, 0.2) is 18.2 Å². The van der Waals surface area contributed by atoms with E-state index in [2.05, 4.69) is 17.5 Å². The highest BCUT2D eigenvalue weighted by atomic mass is 14.9. The number of hydrogen-bond donors (Lipinski definition) is 1.